The van der Waals surface area contributed by atoms with Gasteiger partial charge >= 0.3 is 0 Å². The van der Waals surface area contributed by atoms with Crippen molar-refractivity contribution in [1.82, 2.24) is 15.1 Å². The summed E-state index contributed by atoms with van der Waals surface area (Å²) in [7, 11) is 3.94. The minimum atomic E-state index is 0.158. The van der Waals surface area contributed by atoms with Crippen molar-refractivity contribution in [2.75, 3.05) is 7.05 Å². The highest BCUT2D eigenvalue weighted by Crippen LogP contribution is 2.30. The molecule has 2 aromatic rings. The molecule has 2 aromatic heterocycles. The summed E-state index contributed by atoms with van der Waals surface area (Å²) in [4.78, 5) is 1.21. The summed E-state index contributed by atoms with van der Waals surface area (Å²) < 4.78 is 2.76. The molecule has 0 aromatic carbocycles. The number of hydrogen-bond acceptors (Lipinski definition) is 3. The zero-order valence-electron chi connectivity index (χ0n) is 10.2. The van der Waals surface area contributed by atoms with Gasteiger partial charge in [0.2, 0.25) is 0 Å². The molecule has 1 N–H and O–H groups in total. The fraction of sp³-hybridized carbons (Fsp3) is 0.417. The van der Waals surface area contributed by atoms with Crippen LogP contribution in [0.15, 0.2) is 18.2 Å². The van der Waals surface area contributed by atoms with E-state index in [9.17, 15) is 0 Å². The first-order valence-corrected chi connectivity index (χ1v) is 6.80. The number of aryl methyl sites for hydroxylation is 2. The third-order valence-electron chi connectivity index (χ3n) is 2.79. The predicted octanol–water partition coefficient (Wildman–Crippen LogP) is 3.01. The van der Waals surface area contributed by atoms with E-state index in [0.717, 1.165) is 16.5 Å². The predicted molar refractivity (Wildman–Crippen MR) is 72.8 cm³/mol. The third kappa shape index (κ3) is 2.54. The van der Waals surface area contributed by atoms with Crippen LogP contribution in [0.1, 0.15) is 29.2 Å². The van der Waals surface area contributed by atoms with Crippen LogP contribution in [0.3, 0.4) is 0 Å². The topological polar surface area (TPSA) is 29.9 Å². The molecule has 0 fully saturated rings. The van der Waals surface area contributed by atoms with Crippen molar-refractivity contribution in [3.63, 3.8) is 0 Å². The van der Waals surface area contributed by atoms with Gasteiger partial charge in [-0.15, -0.1) is 11.3 Å². The molecule has 92 valence electrons. The van der Waals surface area contributed by atoms with Crippen LogP contribution in [0, 0.1) is 0 Å². The summed E-state index contributed by atoms with van der Waals surface area (Å²) in [6.07, 6.45) is 0.954. The van der Waals surface area contributed by atoms with Crippen LogP contribution in [0.2, 0.25) is 4.34 Å². The lowest BCUT2D eigenvalue weighted by Crippen LogP contribution is -2.19. The van der Waals surface area contributed by atoms with Crippen molar-refractivity contribution < 1.29 is 0 Å². The van der Waals surface area contributed by atoms with Crippen molar-refractivity contribution in [2.24, 2.45) is 7.05 Å². The van der Waals surface area contributed by atoms with Crippen molar-refractivity contribution in [3.05, 3.63) is 38.8 Å². The highest BCUT2D eigenvalue weighted by atomic mass is 35.5. The van der Waals surface area contributed by atoms with Gasteiger partial charge in [0.15, 0.2) is 0 Å². The summed E-state index contributed by atoms with van der Waals surface area (Å²) in [6.45, 7) is 2.11. The summed E-state index contributed by atoms with van der Waals surface area (Å²) in [6, 6.07) is 6.30. The zero-order chi connectivity index (χ0) is 12.4. The maximum atomic E-state index is 5.99. The van der Waals surface area contributed by atoms with Gasteiger partial charge in [0.05, 0.1) is 21.8 Å². The van der Waals surface area contributed by atoms with E-state index in [1.54, 1.807) is 11.3 Å². The molecule has 17 heavy (non-hydrogen) atoms. The monoisotopic (exact) mass is 269 g/mol. The molecule has 0 aliphatic heterocycles. The van der Waals surface area contributed by atoms with E-state index in [4.69, 9.17) is 11.6 Å². The van der Waals surface area contributed by atoms with Crippen LogP contribution in [0.5, 0.6) is 0 Å². The fourth-order valence-electron chi connectivity index (χ4n) is 1.91. The summed E-state index contributed by atoms with van der Waals surface area (Å²) in [5.41, 5.74) is 2.29. The Labute approximate surface area is 110 Å². The van der Waals surface area contributed by atoms with Crippen LogP contribution in [0.4, 0.5) is 0 Å². The Kier molecular flexibility index (Phi) is 3.86. The number of halogens is 1. The second kappa shape index (κ2) is 5.21. The lowest BCUT2D eigenvalue weighted by molar-refractivity contribution is 0.610. The number of nitrogens with zero attached hydrogens (tertiary/aromatic N) is 2. The van der Waals surface area contributed by atoms with Crippen molar-refractivity contribution in [3.8, 4) is 0 Å². The number of rotatable bonds is 4. The molecule has 0 bridgehead atoms. The Morgan fingerprint density at radius 1 is 1.53 bits per heavy atom. The van der Waals surface area contributed by atoms with Crippen molar-refractivity contribution in [1.29, 1.82) is 0 Å². The van der Waals surface area contributed by atoms with Gasteiger partial charge in [-0.3, -0.25) is 4.68 Å². The molecule has 3 nitrogen and oxygen atoms in total. The minimum absolute atomic E-state index is 0.158. The van der Waals surface area contributed by atoms with Gasteiger partial charge in [-0.25, -0.2) is 0 Å². The van der Waals surface area contributed by atoms with Gasteiger partial charge in [-0.2, -0.15) is 5.10 Å². The number of nitrogens with one attached hydrogen (secondary N) is 1. The molecule has 1 atom stereocenters. The molecule has 0 amide bonds. The van der Waals surface area contributed by atoms with Crippen molar-refractivity contribution in [2.45, 2.75) is 19.4 Å². The zero-order valence-corrected chi connectivity index (χ0v) is 11.8. The van der Waals surface area contributed by atoms with E-state index in [2.05, 4.69) is 29.5 Å². The number of thiophene rings is 1. The Hall–Kier alpha value is -0.840. The number of aromatic nitrogens is 2. The molecule has 5 heteroatoms. The van der Waals surface area contributed by atoms with Crippen LogP contribution in [-0.4, -0.2) is 16.8 Å². The van der Waals surface area contributed by atoms with Crippen LogP contribution < -0.4 is 5.32 Å². The maximum Gasteiger partial charge on any atom is 0.0931 e. The average molecular weight is 270 g/mol. The van der Waals surface area contributed by atoms with Gasteiger partial charge in [-0.1, -0.05) is 18.5 Å². The van der Waals surface area contributed by atoms with Crippen LogP contribution >= 0.6 is 22.9 Å². The average Bonchev–Trinajstić information content (AvgIpc) is 2.88. The Balaban J connectivity index is 2.37. The van der Waals surface area contributed by atoms with E-state index in [-0.39, 0.29) is 6.04 Å². The highest BCUT2D eigenvalue weighted by molar-refractivity contribution is 7.16. The molecular formula is C12H16ClN3S. The first kappa shape index (κ1) is 12.6. The first-order valence-electron chi connectivity index (χ1n) is 5.61. The fourth-order valence-corrected chi connectivity index (χ4v) is 3.09. The SMILES string of the molecule is CCc1cc(C(NC)c2ccc(Cl)s2)n(C)n1. The molecule has 2 heterocycles. The van der Waals surface area contributed by atoms with Crippen LogP contribution in [-0.2, 0) is 13.5 Å². The summed E-state index contributed by atoms with van der Waals surface area (Å²) in [5, 5.41) is 7.80. The maximum absolute atomic E-state index is 5.99. The number of hydrogen-bond donors (Lipinski definition) is 1. The van der Waals surface area contributed by atoms with E-state index >= 15 is 0 Å². The summed E-state index contributed by atoms with van der Waals surface area (Å²) >= 11 is 7.59. The van der Waals surface area contributed by atoms with Gasteiger partial charge in [0, 0.05) is 11.9 Å². The lowest BCUT2D eigenvalue weighted by atomic mass is 10.1. The van der Waals surface area contributed by atoms with Gasteiger partial charge in [0.1, 0.15) is 0 Å². The standard InChI is InChI=1S/C12H16ClN3S/c1-4-8-7-9(16(3)15-8)12(14-2)10-5-6-11(13)17-10/h5-7,12,14H,4H2,1-3H3. The van der Waals surface area contributed by atoms with E-state index in [1.807, 2.05) is 24.8 Å². The molecule has 0 aliphatic rings. The van der Waals surface area contributed by atoms with E-state index in [0.29, 0.717) is 0 Å². The normalized spacial score (nSPS) is 12.9. The minimum Gasteiger partial charge on any atom is -0.307 e. The Bertz CT molecular complexity index is 504. The molecule has 2 rings (SSSR count). The first-order chi connectivity index (χ1) is 8.15. The molecule has 0 spiro atoms. The third-order valence-corrected chi connectivity index (χ3v) is 4.09. The second-order valence-corrected chi connectivity index (χ2v) is 5.65. The second-order valence-electron chi connectivity index (χ2n) is 3.90. The Morgan fingerprint density at radius 3 is 2.76 bits per heavy atom. The Morgan fingerprint density at radius 2 is 2.29 bits per heavy atom. The van der Waals surface area contributed by atoms with Crippen molar-refractivity contribution >= 4 is 22.9 Å². The lowest BCUT2D eigenvalue weighted by Gasteiger charge is -2.14. The van der Waals surface area contributed by atoms with Gasteiger partial charge in [0.25, 0.3) is 0 Å². The van der Waals surface area contributed by atoms with Gasteiger partial charge in [-0.05, 0) is 31.7 Å². The molecule has 0 saturated heterocycles. The molecular weight excluding hydrogens is 254 g/mol. The molecule has 0 radical (unpaired) electrons. The van der Waals surface area contributed by atoms with Gasteiger partial charge < -0.3 is 5.32 Å². The smallest absolute Gasteiger partial charge is 0.0931 e. The quantitative estimate of drug-likeness (QED) is 0.925. The molecule has 0 aliphatic carbocycles. The largest absolute Gasteiger partial charge is 0.307 e. The summed E-state index contributed by atoms with van der Waals surface area (Å²) in [5.74, 6) is 0. The molecule has 0 saturated carbocycles. The highest BCUT2D eigenvalue weighted by Gasteiger charge is 2.18. The van der Waals surface area contributed by atoms with Crippen LogP contribution in [0.25, 0.3) is 0 Å². The van der Waals surface area contributed by atoms with E-state index < -0.39 is 0 Å². The molecule has 1 unspecified atom stereocenters. The van der Waals surface area contributed by atoms with E-state index in [1.165, 1.54) is 10.6 Å².